The minimum atomic E-state index is -4.43. The van der Waals surface area contributed by atoms with Gasteiger partial charge in [0.25, 0.3) is 0 Å². The van der Waals surface area contributed by atoms with Crippen LogP contribution in [0, 0.1) is 0 Å². The highest BCUT2D eigenvalue weighted by atomic mass is 19.4. The van der Waals surface area contributed by atoms with Crippen LogP contribution >= 0.6 is 0 Å². The average molecular weight is 244 g/mol. The van der Waals surface area contributed by atoms with E-state index in [1.165, 1.54) is 12.1 Å². The third-order valence-electron chi connectivity index (χ3n) is 1.77. The zero-order valence-electron chi connectivity index (χ0n) is 9.06. The number of alkyl halides is 3. The highest BCUT2D eigenvalue weighted by molar-refractivity contribution is 5.90. The van der Waals surface area contributed by atoms with Gasteiger partial charge in [0, 0.05) is 11.4 Å². The number of hydrogen-bond acceptors (Lipinski definition) is 1. The molecule has 17 heavy (non-hydrogen) atoms. The molecule has 0 aliphatic carbocycles. The summed E-state index contributed by atoms with van der Waals surface area (Å²) in [6.07, 6.45) is -4.43. The predicted octanol–water partition coefficient (Wildman–Crippen LogP) is 3.36. The van der Waals surface area contributed by atoms with Gasteiger partial charge in [-0.2, -0.15) is 13.2 Å². The fourth-order valence-corrected chi connectivity index (χ4v) is 1.13. The van der Waals surface area contributed by atoms with Crippen molar-refractivity contribution in [2.45, 2.75) is 13.1 Å². The van der Waals surface area contributed by atoms with Crippen molar-refractivity contribution in [1.29, 1.82) is 0 Å². The van der Waals surface area contributed by atoms with E-state index in [0.29, 0.717) is 5.70 Å². The largest absolute Gasteiger partial charge is 0.416 e. The van der Waals surface area contributed by atoms with Crippen LogP contribution in [-0.2, 0) is 6.18 Å². The fourth-order valence-electron chi connectivity index (χ4n) is 1.13. The molecular weight excluding hydrogens is 233 g/mol. The molecule has 0 aliphatic rings. The Morgan fingerprint density at radius 2 is 2.00 bits per heavy atom. The molecule has 0 unspecified atom stereocenters. The summed E-state index contributed by atoms with van der Waals surface area (Å²) in [4.78, 5) is 11.2. The van der Waals surface area contributed by atoms with E-state index in [9.17, 15) is 18.0 Å². The molecule has 2 N–H and O–H groups in total. The highest BCUT2D eigenvalue weighted by Crippen LogP contribution is 2.30. The first-order valence-corrected chi connectivity index (χ1v) is 4.70. The molecule has 92 valence electrons. The Balaban J connectivity index is 2.79. The molecule has 1 rings (SSSR count). The van der Waals surface area contributed by atoms with Gasteiger partial charge in [0.1, 0.15) is 0 Å². The number of benzene rings is 1. The van der Waals surface area contributed by atoms with Crippen LogP contribution in [0.2, 0.25) is 0 Å². The van der Waals surface area contributed by atoms with Crippen LogP contribution in [0.1, 0.15) is 12.5 Å². The molecule has 0 atom stereocenters. The average Bonchev–Trinajstić information content (AvgIpc) is 2.15. The standard InChI is InChI=1S/C11H11F3N2O/c1-7(2)15-10(17)16-9-5-3-4-8(6-9)11(12,13)14/h3-6H,1H2,2H3,(H2,15,16,17). The summed E-state index contributed by atoms with van der Waals surface area (Å²) in [7, 11) is 0. The third-order valence-corrected chi connectivity index (χ3v) is 1.77. The topological polar surface area (TPSA) is 41.1 Å². The van der Waals surface area contributed by atoms with Gasteiger partial charge in [-0.1, -0.05) is 12.6 Å². The first-order chi connectivity index (χ1) is 7.79. The number of hydrogen-bond donors (Lipinski definition) is 2. The number of urea groups is 1. The summed E-state index contributed by atoms with van der Waals surface area (Å²) >= 11 is 0. The molecule has 3 nitrogen and oxygen atoms in total. The van der Waals surface area contributed by atoms with E-state index < -0.39 is 17.8 Å². The zero-order valence-corrected chi connectivity index (χ0v) is 9.06. The van der Waals surface area contributed by atoms with E-state index >= 15 is 0 Å². The SMILES string of the molecule is C=C(C)NC(=O)Nc1cccc(C(F)(F)F)c1. The van der Waals surface area contributed by atoms with Crippen molar-refractivity contribution in [2.24, 2.45) is 0 Å². The van der Waals surface area contributed by atoms with Crippen LogP contribution in [0.5, 0.6) is 0 Å². The molecule has 1 aromatic rings. The second kappa shape index (κ2) is 4.90. The Bertz CT molecular complexity index is 441. The number of amides is 2. The zero-order chi connectivity index (χ0) is 13.1. The van der Waals surface area contributed by atoms with E-state index in [-0.39, 0.29) is 5.69 Å². The van der Waals surface area contributed by atoms with Crippen LogP contribution in [0.3, 0.4) is 0 Å². The first-order valence-electron chi connectivity index (χ1n) is 4.70. The van der Waals surface area contributed by atoms with Gasteiger partial charge in [-0.25, -0.2) is 4.79 Å². The van der Waals surface area contributed by atoms with Crippen molar-refractivity contribution in [1.82, 2.24) is 5.32 Å². The predicted molar refractivity (Wildman–Crippen MR) is 58.4 cm³/mol. The van der Waals surface area contributed by atoms with Gasteiger partial charge in [-0.3, -0.25) is 0 Å². The number of nitrogens with one attached hydrogen (secondary N) is 2. The summed E-state index contributed by atoms with van der Waals surface area (Å²) in [6.45, 7) is 5.00. The van der Waals surface area contributed by atoms with Crippen LogP contribution < -0.4 is 10.6 Å². The van der Waals surface area contributed by atoms with Gasteiger partial charge < -0.3 is 10.6 Å². The highest BCUT2D eigenvalue weighted by Gasteiger charge is 2.30. The molecule has 0 fully saturated rings. The van der Waals surface area contributed by atoms with Crippen molar-refractivity contribution in [2.75, 3.05) is 5.32 Å². The van der Waals surface area contributed by atoms with Gasteiger partial charge in [-0.15, -0.1) is 0 Å². The molecular formula is C11H11F3N2O. The Labute approximate surface area is 96.3 Å². The third kappa shape index (κ3) is 4.18. The van der Waals surface area contributed by atoms with Crippen LogP contribution in [0.15, 0.2) is 36.5 Å². The maximum absolute atomic E-state index is 12.4. The van der Waals surface area contributed by atoms with Gasteiger partial charge >= 0.3 is 12.2 Å². The number of carbonyl (C=O) groups is 1. The molecule has 0 spiro atoms. The van der Waals surface area contributed by atoms with Gasteiger partial charge in [-0.05, 0) is 25.1 Å². The summed E-state index contributed by atoms with van der Waals surface area (Å²) in [6, 6.07) is 3.75. The van der Waals surface area contributed by atoms with E-state index in [0.717, 1.165) is 12.1 Å². The smallest absolute Gasteiger partial charge is 0.312 e. The summed E-state index contributed by atoms with van der Waals surface area (Å²) in [5.41, 5.74) is -0.348. The number of allylic oxidation sites excluding steroid dienone is 1. The Hall–Kier alpha value is -1.98. The van der Waals surface area contributed by atoms with Crippen molar-refractivity contribution < 1.29 is 18.0 Å². The summed E-state index contributed by atoms with van der Waals surface area (Å²) in [5.74, 6) is 0. The lowest BCUT2D eigenvalue weighted by Crippen LogP contribution is -2.26. The lowest BCUT2D eigenvalue weighted by molar-refractivity contribution is -0.137. The van der Waals surface area contributed by atoms with E-state index in [1.807, 2.05) is 0 Å². The quantitative estimate of drug-likeness (QED) is 0.822. The second-order valence-corrected chi connectivity index (χ2v) is 3.44. The fraction of sp³-hybridized carbons (Fsp3) is 0.182. The van der Waals surface area contributed by atoms with Gasteiger partial charge in [0.2, 0.25) is 0 Å². The second-order valence-electron chi connectivity index (χ2n) is 3.44. The molecule has 1 aromatic carbocycles. The normalized spacial score (nSPS) is 10.8. The number of halogens is 3. The molecule has 0 saturated carbocycles. The lowest BCUT2D eigenvalue weighted by atomic mass is 10.2. The summed E-state index contributed by atoms with van der Waals surface area (Å²) in [5, 5.41) is 4.60. The lowest BCUT2D eigenvalue weighted by Gasteiger charge is -2.10. The molecule has 0 heterocycles. The number of rotatable bonds is 2. The van der Waals surface area contributed by atoms with Crippen molar-refractivity contribution in [3.8, 4) is 0 Å². The van der Waals surface area contributed by atoms with E-state index in [1.54, 1.807) is 6.92 Å². The van der Waals surface area contributed by atoms with Crippen molar-refractivity contribution in [3.63, 3.8) is 0 Å². The molecule has 0 aromatic heterocycles. The molecule has 2 amide bonds. The number of carbonyl (C=O) groups excluding carboxylic acids is 1. The Kier molecular flexibility index (Phi) is 3.77. The van der Waals surface area contributed by atoms with Crippen molar-refractivity contribution in [3.05, 3.63) is 42.1 Å². The van der Waals surface area contributed by atoms with Crippen LogP contribution in [0.25, 0.3) is 0 Å². The Morgan fingerprint density at radius 3 is 2.53 bits per heavy atom. The van der Waals surface area contributed by atoms with Crippen molar-refractivity contribution >= 4 is 11.7 Å². The van der Waals surface area contributed by atoms with E-state index in [2.05, 4.69) is 17.2 Å². The van der Waals surface area contributed by atoms with Crippen LogP contribution in [-0.4, -0.2) is 6.03 Å². The van der Waals surface area contributed by atoms with Crippen LogP contribution in [0.4, 0.5) is 23.7 Å². The van der Waals surface area contributed by atoms with Gasteiger partial charge in [0.05, 0.1) is 5.56 Å². The first kappa shape index (κ1) is 13.1. The Morgan fingerprint density at radius 1 is 1.35 bits per heavy atom. The monoisotopic (exact) mass is 244 g/mol. The molecule has 6 heteroatoms. The number of anilines is 1. The van der Waals surface area contributed by atoms with Gasteiger partial charge in [0.15, 0.2) is 0 Å². The maximum Gasteiger partial charge on any atom is 0.416 e. The maximum atomic E-state index is 12.4. The molecule has 0 aliphatic heterocycles. The van der Waals surface area contributed by atoms with E-state index in [4.69, 9.17) is 0 Å². The summed E-state index contributed by atoms with van der Waals surface area (Å²) < 4.78 is 37.1. The molecule has 0 radical (unpaired) electrons. The molecule has 0 saturated heterocycles. The molecule has 0 bridgehead atoms. The minimum Gasteiger partial charge on any atom is -0.312 e. The minimum absolute atomic E-state index is 0.0681.